The second-order valence-corrected chi connectivity index (χ2v) is 6.12. The highest BCUT2D eigenvalue weighted by atomic mass is 35.5. The molecule has 7 heteroatoms. The SMILES string of the molecule is CC(C)N(C)S(=O)(=O)c1cnn(CCCl)c1. The van der Waals surface area contributed by atoms with Crippen molar-refractivity contribution in [3.8, 4) is 0 Å². The minimum Gasteiger partial charge on any atom is -0.270 e. The number of nitrogens with zero attached hydrogens (tertiary/aromatic N) is 3. The summed E-state index contributed by atoms with van der Waals surface area (Å²) in [5.41, 5.74) is 0. The van der Waals surface area contributed by atoms with Crippen molar-refractivity contribution in [1.29, 1.82) is 0 Å². The van der Waals surface area contributed by atoms with Gasteiger partial charge in [0.2, 0.25) is 10.0 Å². The lowest BCUT2D eigenvalue weighted by atomic mass is 10.4. The predicted molar refractivity (Wildman–Crippen MR) is 63.0 cm³/mol. The maximum absolute atomic E-state index is 12.0. The topological polar surface area (TPSA) is 55.2 Å². The molecule has 1 aromatic rings. The van der Waals surface area contributed by atoms with Crippen molar-refractivity contribution < 1.29 is 8.42 Å². The van der Waals surface area contributed by atoms with Crippen molar-refractivity contribution >= 4 is 21.6 Å². The van der Waals surface area contributed by atoms with Gasteiger partial charge in [-0.25, -0.2) is 8.42 Å². The molecule has 0 aliphatic rings. The first-order valence-corrected chi connectivity index (χ1v) is 6.93. The van der Waals surface area contributed by atoms with Crippen LogP contribution in [0.4, 0.5) is 0 Å². The van der Waals surface area contributed by atoms with Gasteiger partial charge >= 0.3 is 0 Å². The first-order chi connectivity index (χ1) is 7.39. The third-order valence-electron chi connectivity index (χ3n) is 2.33. The van der Waals surface area contributed by atoms with Gasteiger partial charge in [0, 0.05) is 25.2 Å². The van der Waals surface area contributed by atoms with Crippen LogP contribution in [0.1, 0.15) is 13.8 Å². The summed E-state index contributed by atoms with van der Waals surface area (Å²) in [6, 6.07) is -0.0821. The number of sulfonamides is 1. The maximum Gasteiger partial charge on any atom is 0.246 e. The Morgan fingerprint density at radius 3 is 2.69 bits per heavy atom. The highest BCUT2D eigenvalue weighted by Gasteiger charge is 2.24. The van der Waals surface area contributed by atoms with E-state index in [0.29, 0.717) is 12.4 Å². The van der Waals surface area contributed by atoms with Crippen LogP contribution in [-0.4, -0.2) is 41.5 Å². The summed E-state index contributed by atoms with van der Waals surface area (Å²) in [7, 11) is -1.87. The Morgan fingerprint density at radius 2 is 2.19 bits per heavy atom. The number of rotatable bonds is 5. The van der Waals surface area contributed by atoms with Gasteiger partial charge < -0.3 is 0 Å². The smallest absolute Gasteiger partial charge is 0.246 e. The second-order valence-electron chi connectivity index (χ2n) is 3.74. The minimum absolute atomic E-state index is 0.0821. The second kappa shape index (κ2) is 5.16. The van der Waals surface area contributed by atoms with Crippen molar-refractivity contribution in [2.45, 2.75) is 31.3 Å². The van der Waals surface area contributed by atoms with Crippen molar-refractivity contribution in [3.05, 3.63) is 12.4 Å². The maximum atomic E-state index is 12.0. The zero-order chi connectivity index (χ0) is 12.3. The first kappa shape index (κ1) is 13.5. The number of aryl methyl sites for hydroxylation is 1. The molecule has 0 aliphatic carbocycles. The van der Waals surface area contributed by atoms with Crippen LogP contribution < -0.4 is 0 Å². The first-order valence-electron chi connectivity index (χ1n) is 4.96. The summed E-state index contributed by atoms with van der Waals surface area (Å²) < 4.78 is 26.9. The molecule has 1 heterocycles. The summed E-state index contributed by atoms with van der Waals surface area (Å²) in [4.78, 5) is 0.203. The molecule has 0 aliphatic heterocycles. The summed E-state index contributed by atoms with van der Waals surface area (Å²) >= 11 is 5.55. The standard InChI is InChI=1S/C9H16ClN3O2S/c1-8(2)12(3)16(14,15)9-6-11-13(7-9)5-4-10/h6-8H,4-5H2,1-3H3. The molecule has 5 nitrogen and oxygen atoms in total. The highest BCUT2D eigenvalue weighted by molar-refractivity contribution is 7.89. The van der Waals surface area contributed by atoms with Crippen molar-refractivity contribution in [3.63, 3.8) is 0 Å². The van der Waals surface area contributed by atoms with E-state index in [1.54, 1.807) is 7.05 Å². The minimum atomic E-state index is -3.43. The largest absolute Gasteiger partial charge is 0.270 e. The van der Waals surface area contributed by atoms with E-state index in [1.807, 2.05) is 13.8 Å². The molecule has 0 aromatic carbocycles. The Bertz CT molecular complexity index is 441. The molecule has 0 radical (unpaired) electrons. The molecule has 1 aromatic heterocycles. The molecule has 0 amide bonds. The summed E-state index contributed by atoms with van der Waals surface area (Å²) in [6.45, 7) is 4.14. The summed E-state index contributed by atoms with van der Waals surface area (Å²) in [6.07, 6.45) is 2.84. The third-order valence-corrected chi connectivity index (χ3v) is 4.48. The zero-order valence-corrected chi connectivity index (χ0v) is 11.2. The van der Waals surface area contributed by atoms with Gasteiger partial charge in [-0.1, -0.05) is 0 Å². The molecule has 92 valence electrons. The quantitative estimate of drug-likeness (QED) is 0.751. The van der Waals surface area contributed by atoms with E-state index in [4.69, 9.17) is 11.6 Å². The molecular weight excluding hydrogens is 250 g/mol. The Morgan fingerprint density at radius 1 is 1.56 bits per heavy atom. The van der Waals surface area contributed by atoms with E-state index in [-0.39, 0.29) is 10.9 Å². The van der Waals surface area contributed by atoms with Crippen molar-refractivity contribution in [2.24, 2.45) is 0 Å². The third kappa shape index (κ3) is 2.75. The fourth-order valence-corrected chi connectivity index (χ4v) is 2.63. The molecular formula is C9H16ClN3O2S. The van der Waals surface area contributed by atoms with Gasteiger partial charge in [0.1, 0.15) is 4.90 Å². The Kier molecular flexibility index (Phi) is 4.35. The van der Waals surface area contributed by atoms with E-state index in [9.17, 15) is 8.42 Å². The monoisotopic (exact) mass is 265 g/mol. The van der Waals surface area contributed by atoms with Crippen LogP contribution in [0, 0.1) is 0 Å². The Labute approximate surface area is 101 Å². The molecule has 0 atom stereocenters. The van der Waals surface area contributed by atoms with Crippen LogP contribution in [0.3, 0.4) is 0 Å². The van der Waals surface area contributed by atoms with E-state index in [0.717, 1.165) is 0 Å². The number of halogens is 1. The van der Waals surface area contributed by atoms with Gasteiger partial charge in [-0.05, 0) is 13.8 Å². The van der Waals surface area contributed by atoms with Crippen LogP contribution >= 0.6 is 11.6 Å². The van der Waals surface area contributed by atoms with E-state index < -0.39 is 10.0 Å². The van der Waals surface area contributed by atoms with Crippen LogP contribution in [0.25, 0.3) is 0 Å². The molecule has 0 spiro atoms. The van der Waals surface area contributed by atoms with E-state index in [1.165, 1.54) is 21.4 Å². The normalized spacial score (nSPS) is 12.6. The summed E-state index contributed by atoms with van der Waals surface area (Å²) in [5, 5.41) is 3.94. The van der Waals surface area contributed by atoms with Crippen molar-refractivity contribution in [1.82, 2.24) is 14.1 Å². The van der Waals surface area contributed by atoms with Gasteiger partial charge in [-0.3, -0.25) is 4.68 Å². The van der Waals surface area contributed by atoms with E-state index in [2.05, 4.69) is 5.10 Å². The average molecular weight is 266 g/mol. The molecule has 0 saturated carbocycles. The van der Waals surface area contributed by atoms with Gasteiger partial charge in [0.05, 0.1) is 12.7 Å². The molecule has 0 unspecified atom stereocenters. The Hall–Kier alpha value is -0.590. The lowest BCUT2D eigenvalue weighted by molar-refractivity contribution is 0.410. The van der Waals surface area contributed by atoms with Gasteiger partial charge in [0.15, 0.2) is 0 Å². The number of hydrogen-bond acceptors (Lipinski definition) is 3. The average Bonchev–Trinajstić information content (AvgIpc) is 2.66. The Balaban J connectivity index is 2.98. The van der Waals surface area contributed by atoms with Crippen LogP contribution in [0.15, 0.2) is 17.3 Å². The molecule has 0 bridgehead atoms. The number of aromatic nitrogens is 2. The molecule has 1 rings (SSSR count). The highest BCUT2D eigenvalue weighted by Crippen LogP contribution is 2.15. The van der Waals surface area contributed by atoms with Gasteiger partial charge in [-0.2, -0.15) is 9.40 Å². The summed E-state index contributed by atoms with van der Waals surface area (Å²) in [5.74, 6) is 0.404. The number of hydrogen-bond donors (Lipinski definition) is 0. The van der Waals surface area contributed by atoms with Crippen LogP contribution in [0.2, 0.25) is 0 Å². The zero-order valence-electron chi connectivity index (χ0n) is 9.59. The predicted octanol–water partition coefficient (Wildman–Crippen LogP) is 1.15. The molecule has 0 fully saturated rings. The van der Waals surface area contributed by atoms with Crippen molar-refractivity contribution in [2.75, 3.05) is 12.9 Å². The van der Waals surface area contributed by atoms with Crippen LogP contribution in [-0.2, 0) is 16.6 Å². The van der Waals surface area contributed by atoms with Gasteiger partial charge in [-0.15, -0.1) is 11.6 Å². The lowest BCUT2D eigenvalue weighted by Gasteiger charge is -2.19. The van der Waals surface area contributed by atoms with E-state index >= 15 is 0 Å². The fraction of sp³-hybridized carbons (Fsp3) is 0.667. The molecule has 0 N–H and O–H groups in total. The molecule has 16 heavy (non-hydrogen) atoms. The number of alkyl halides is 1. The van der Waals surface area contributed by atoms with Gasteiger partial charge in [0.25, 0.3) is 0 Å². The fourth-order valence-electron chi connectivity index (χ4n) is 1.13. The molecule has 0 saturated heterocycles. The lowest BCUT2D eigenvalue weighted by Crippen LogP contribution is -2.32. The van der Waals surface area contributed by atoms with Crippen LogP contribution in [0.5, 0.6) is 0 Å².